The molecular formula is C15H20N2O3. The summed E-state index contributed by atoms with van der Waals surface area (Å²) < 4.78 is 0. The molecular weight excluding hydrogens is 256 g/mol. The molecule has 5 nitrogen and oxygen atoms in total. The lowest BCUT2D eigenvalue weighted by atomic mass is 10.1. The van der Waals surface area contributed by atoms with Crippen LogP contribution in [-0.2, 0) is 9.59 Å². The molecule has 2 amide bonds. The molecule has 1 fully saturated rings. The smallest absolute Gasteiger partial charge is 0.256 e. The van der Waals surface area contributed by atoms with Crippen LogP contribution in [0.25, 0.3) is 0 Å². The van der Waals surface area contributed by atoms with Gasteiger partial charge in [-0.1, -0.05) is 37.3 Å². The fourth-order valence-electron chi connectivity index (χ4n) is 2.35. The van der Waals surface area contributed by atoms with Crippen molar-refractivity contribution in [1.82, 2.24) is 9.80 Å². The van der Waals surface area contributed by atoms with Crippen molar-refractivity contribution in [2.24, 2.45) is 0 Å². The first kappa shape index (κ1) is 14.5. The zero-order valence-corrected chi connectivity index (χ0v) is 11.7. The number of amides is 2. The number of piperazine rings is 1. The number of aliphatic hydroxyl groups is 1. The first-order chi connectivity index (χ1) is 9.63. The van der Waals surface area contributed by atoms with Crippen molar-refractivity contribution >= 4 is 11.8 Å². The van der Waals surface area contributed by atoms with Gasteiger partial charge in [-0.25, -0.2) is 0 Å². The number of carbonyl (C=O) groups excluding carboxylic acids is 2. The van der Waals surface area contributed by atoms with Crippen molar-refractivity contribution in [3.8, 4) is 0 Å². The van der Waals surface area contributed by atoms with Gasteiger partial charge in [0.05, 0.1) is 0 Å². The molecule has 108 valence electrons. The predicted molar refractivity (Wildman–Crippen MR) is 74.9 cm³/mol. The second-order valence-corrected chi connectivity index (χ2v) is 4.87. The summed E-state index contributed by atoms with van der Waals surface area (Å²) in [5.74, 6) is -0.180. The lowest BCUT2D eigenvalue weighted by molar-refractivity contribution is -0.145. The van der Waals surface area contributed by atoms with Crippen LogP contribution in [0.15, 0.2) is 30.3 Å². The van der Waals surface area contributed by atoms with E-state index >= 15 is 0 Å². The monoisotopic (exact) mass is 276 g/mol. The summed E-state index contributed by atoms with van der Waals surface area (Å²) in [7, 11) is 0. The van der Waals surface area contributed by atoms with E-state index in [4.69, 9.17) is 0 Å². The number of aliphatic hydroxyl groups excluding tert-OH is 1. The Kier molecular flexibility index (Phi) is 4.74. The molecule has 1 saturated heterocycles. The molecule has 0 aromatic heterocycles. The maximum atomic E-state index is 12.2. The van der Waals surface area contributed by atoms with Crippen LogP contribution in [0.3, 0.4) is 0 Å². The van der Waals surface area contributed by atoms with Crippen molar-refractivity contribution in [2.45, 2.75) is 19.4 Å². The van der Waals surface area contributed by atoms with Gasteiger partial charge in [-0.15, -0.1) is 0 Å². The van der Waals surface area contributed by atoms with Gasteiger partial charge < -0.3 is 14.9 Å². The van der Waals surface area contributed by atoms with Gasteiger partial charge in [0.1, 0.15) is 0 Å². The molecule has 0 aliphatic carbocycles. The van der Waals surface area contributed by atoms with Crippen molar-refractivity contribution in [1.29, 1.82) is 0 Å². The summed E-state index contributed by atoms with van der Waals surface area (Å²) in [5.41, 5.74) is 0.601. The highest BCUT2D eigenvalue weighted by Crippen LogP contribution is 2.16. The minimum absolute atomic E-state index is 0.112. The average molecular weight is 276 g/mol. The number of benzene rings is 1. The number of hydrogen-bond donors (Lipinski definition) is 1. The van der Waals surface area contributed by atoms with E-state index in [9.17, 15) is 14.7 Å². The van der Waals surface area contributed by atoms with Crippen LogP contribution in [0, 0.1) is 0 Å². The predicted octanol–water partition coefficient (Wildman–Crippen LogP) is 0.801. The maximum absolute atomic E-state index is 12.2. The molecule has 1 aromatic carbocycles. The summed E-state index contributed by atoms with van der Waals surface area (Å²) in [6.45, 7) is 3.88. The molecule has 1 unspecified atom stereocenters. The highest BCUT2D eigenvalue weighted by atomic mass is 16.3. The fraction of sp³-hybridized carbons (Fsp3) is 0.467. The van der Waals surface area contributed by atoms with E-state index in [1.54, 1.807) is 34.1 Å². The van der Waals surface area contributed by atoms with Gasteiger partial charge in [0.25, 0.3) is 5.91 Å². The summed E-state index contributed by atoms with van der Waals surface area (Å²) in [6, 6.07) is 8.90. The Morgan fingerprint density at radius 1 is 1.10 bits per heavy atom. The molecule has 0 radical (unpaired) electrons. The van der Waals surface area contributed by atoms with Gasteiger partial charge in [0, 0.05) is 32.6 Å². The number of hydrogen-bond acceptors (Lipinski definition) is 3. The zero-order valence-electron chi connectivity index (χ0n) is 11.7. The SMILES string of the molecule is CCC(=O)N1CCN(C(=O)C(O)c2ccccc2)CC1. The largest absolute Gasteiger partial charge is 0.378 e. The molecule has 5 heteroatoms. The number of rotatable bonds is 3. The van der Waals surface area contributed by atoms with Gasteiger partial charge in [-0.2, -0.15) is 0 Å². The lowest BCUT2D eigenvalue weighted by Crippen LogP contribution is -2.51. The fourth-order valence-corrected chi connectivity index (χ4v) is 2.35. The Bertz CT molecular complexity index is 467. The van der Waals surface area contributed by atoms with Crippen molar-refractivity contribution in [2.75, 3.05) is 26.2 Å². The van der Waals surface area contributed by atoms with Crippen LogP contribution in [0.2, 0.25) is 0 Å². The molecule has 1 N–H and O–H groups in total. The van der Waals surface area contributed by atoms with Crippen LogP contribution in [0.5, 0.6) is 0 Å². The molecule has 1 aliphatic heterocycles. The summed E-state index contributed by atoms with van der Waals surface area (Å²) in [5, 5.41) is 10.1. The van der Waals surface area contributed by atoms with E-state index in [1.165, 1.54) is 0 Å². The van der Waals surface area contributed by atoms with Crippen molar-refractivity contribution < 1.29 is 14.7 Å². The van der Waals surface area contributed by atoms with Crippen LogP contribution in [0.1, 0.15) is 25.0 Å². The summed E-state index contributed by atoms with van der Waals surface area (Å²) in [6.07, 6.45) is -0.634. The Labute approximate surface area is 118 Å². The second kappa shape index (κ2) is 6.52. The second-order valence-electron chi connectivity index (χ2n) is 4.87. The van der Waals surface area contributed by atoms with E-state index in [-0.39, 0.29) is 11.8 Å². The molecule has 1 atom stereocenters. The Morgan fingerprint density at radius 3 is 2.20 bits per heavy atom. The first-order valence-corrected chi connectivity index (χ1v) is 6.93. The standard InChI is InChI=1S/C15H20N2O3/c1-2-13(18)16-8-10-17(11-9-16)15(20)14(19)12-6-4-3-5-7-12/h3-7,14,19H,2,8-11H2,1H3. The van der Waals surface area contributed by atoms with E-state index in [0.717, 1.165) is 0 Å². The molecule has 0 saturated carbocycles. The van der Waals surface area contributed by atoms with Crippen molar-refractivity contribution in [3.63, 3.8) is 0 Å². The topological polar surface area (TPSA) is 60.9 Å². The third-order valence-electron chi connectivity index (χ3n) is 3.60. The highest BCUT2D eigenvalue weighted by molar-refractivity contribution is 5.82. The molecule has 20 heavy (non-hydrogen) atoms. The van der Waals surface area contributed by atoms with Crippen LogP contribution < -0.4 is 0 Å². The quantitative estimate of drug-likeness (QED) is 0.888. The van der Waals surface area contributed by atoms with E-state index in [0.29, 0.717) is 38.2 Å². The zero-order chi connectivity index (χ0) is 14.5. The van der Waals surface area contributed by atoms with Gasteiger partial charge in [-0.3, -0.25) is 9.59 Å². The summed E-state index contributed by atoms with van der Waals surface area (Å²) >= 11 is 0. The number of nitrogens with zero attached hydrogens (tertiary/aromatic N) is 2. The minimum atomic E-state index is -1.12. The Balaban J connectivity index is 1.93. The normalized spacial score (nSPS) is 16.9. The lowest BCUT2D eigenvalue weighted by Gasteiger charge is -2.35. The van der Waals surface area contributed by atoms with Gasteiger partial charge in [0.2, 0.25) is 5.91 Å². The maximum Gasteiger partial charge on any atom is 0.256 e. The molecule has 1 heterocycles. The Hall–Kier alpha value is -1.88. The molecule has 0 spiro atoms. The average Bonchev–Trinajstić information content (AvgIpc) is 2.53. The highest BCUT2D eigenvalue weighted by Gasteiger charge is 2.27. The third kappa shape index (κ3) is 3.17. The molecule has 1 aliphatic rings. The van der Waals surface area contributed by atoms with Crippen LogP contribution >= 0.6 is 0 Å². The number of carbonyl (C=O) groups is 2. The van der Waals surface area contributed by atoms with Crippen LogP contribution in [0.4, 0.5) is 0 Å². The van der Waals surface area contributed by atoms with Gasteiger partial charge in [0.15, 0.2) is 6.10 Å². The van der Waals surface area contributed by atoms with Gasteiger partial charge in [-0.05, 0) is 5.56 Å². The van der Waals surface area contributed by atoms with E-state index in [2.05, 4.69) is 0 Å². The van der Waals surface area contributed by atoms with Crippen LogP contribution in [-0.4, -0.2) is 52.9 Å². The molecule has 0 bridgehead atoms. The van der Waals surface area contributed by atoms with Crippen molar-refractivity contribution in [3.05, 3.63) is 35.9 Å². The minimum Gasteiger partial charge on any atom is -0.378 e. The molecule has 2 rings (SSSR count). The third-order valence-corrected chi connectivity index (χ3v) is 3.60. The Morgan fingerprint density at radius 2 is 1.65 bits per heavy atom. The van der Waals surface area contributed by atoms with E-state index < -0.39 is 6.10 Å². The van der Waals surface area contributed by atoms with E-state index in [1.807, 2.05) is 13.0 Å². The first-order valence-electron chi connectivity index (χ1n) is 6.93. The summed E-state index contributed by atoms with van der Waals surface area (Å²) in [4.78, 5) is 27.2. The molecule has 1 aromatic rings. The van der Waals surface area contributed by atoms with Gasteiger partial charge >= 0.3 is 0 Å².